The molecule has 2 unspecified atom stereocenters. The van der Waals surface area contributed by atoms with Gasteiger partial charge in [0.2, 0.25) is 5.91 Å². The maximum atomic E-state index is 11.8. The summed E-state index contributed by atoms with van der Waals surface area (Å²) in [5, 5.41) is 16.4. The Morgan fingerprint density at radius 3 is 2.65 bits per heavy atom. The first kappa shape index (κ1) is 15.3. The molecule has 2 rings (SSSR count). The molecule has 0 saturated heterocycles. The molecule has 0 heterocycles. The van der Waals surface area contributed by atoms with Crippen LogP contribution in [0.4, 0.5) is 5.69 Å². The Morgan fingerprint density at radius 2 is 1.95 bits per heavy atom. The van der Waals surface area contributed by atoms with E-state index in [1.807, 2.05) is 0 Å². The summed E-state index contributed by atoms with van der Waals surface area (Å²) in [5.41, 5.74) is 0.735. The molecule has 3 N–H and O–H groups in total. The van der Waals surface area contributed by atoms with E-state index >= 15 is 0 Å². The van der Waals surface area contributed by atoms with E-state index in [4.69, 9.17) is 11.6 Å². The zero-order valence-corrected chi connectivity index (χ0v) is 12.2. The molecule has 1 saturated carbocycles. The van der Waals surface area contributed by atoms with Crippen LogP contribution in [0, 0.1) is 5.92 Å². The highest BCUT2D eigenvalue weighted by molar-refractivity contribution is 6.30. The van der Waals surface area contributed by atoms with Crippen molar-refractivity contribution >= 4 is 23.2 Å². The summed E-state index contributed by atoms with van der Waals surface area (Å²) in [4.78, 5) is 11.8. The van der Waals surface area contributed by atoms with Crippen LogP contribution in [0.2, 0.25) is 5.02 Å². The van der Waals surface area contributed by atoms with Crippen LogP contribution in [0.15, 0.2) is 24.3 Å². The zero-order chi connectivity index (χ0) is 14.4. The van der Waals surface area contributed by atoms with E-state index in [1.165, 1.54) is 6.42 Å². The van der Waals surface area contributed by atoms with Crippen molar-refractivity contribution in [1.29, 1.82) is 0 Å². The number of halogens is 1. The first-order chi connectivity index (χ1) is 9.65. The first-order valence-corrected chi connectivity index (χ1v) is 7.47. The highest BCUT2D eigenvalue weighted by atomic mass is 35.5. The van der Waals surface area contributed by atoms with Crippen LogP contribution in [0.1, 0.15) is 25.7 Å². The molecular weight excluding hydrogens is 276 g/mol. The van der Waals surface area contributed by atoms with Gasteiger partial charge in [0.25, 0.3) is 0 Å². The van der Waals surface area contributed by atoms with Crippen LogP contribution >= 0.6 is 11.6 Å². The number of anilines is 1. The van der Waals surface area contributed by atoms with Gasteiger partial charge in [0.05, 0.1) is 12.6 Å². The lowest BCUT2D eigenvalue weighted by Gasteiger charge is -2.27. The molecule has 5 heteroatoms. The normalized spacial score (nSPS) is 22.5. The highest BCUT2D eigenvalue weighted by Crippen LogP contribution is 2.23. The molecular formula is C15H21ClN2O2. The molecule has 0 radical (unpaired) electrons. The number of nitrogens with one attached hydrogen (secondary N) is 2. The van der Waals surface area contributed by atoms with Crippen LogP contribution in [0.25, 0.3) is 0 Å². The molecule has 1 fully saturated rings. The van der Waals surface area contributed by atoms with Crippen molar-refractivity contribution < 1.29 is 9.90 Å². The molecule has 1 aliphatic rings. The number of aliphatic hydroxyl groups excluding tert-OH is 1. The molecule has 0 spiro atoms. The van der Waals surface area contributed by atoms with Crippen molar-refractivity contribution in [2.24, 2.45) is 5.92 Å². The molecule has 4 nitrogen and oxygen atoms in total. The van der Waals surface area contributed by atoms with Crippen LogP contribution in [0.5, 0.6) is 0 Å². The topological polar surface area (TPSA) is 61.4 Å². The van der Waals surface area contributed by atoms with E-state index in [1.54, 1.807) is 24.3 Å². The number of amides is 1. The maximum Gasteiger partial charge on any atom is 0.238 e. The number of carbonyl (C=O) groups is 1. The molecule has 0 bridgehead atoms. The van der Waals surface area contributed by atoms with E-state index in [0.29, 0.717) is 11.6 Å². The molecule has 0 aliphatic heterocycles. The maximum absolute atomic E-state index is 11.8. The van der Waals surface area contributed by atoms with Crippen LogP contribution in [0.3, 0.4) is 0 Å². The third-order valence-corrected chi connectivity index (χ3v) is 3.94. The number of aliphatic hydroxyl groups is 1. The minimum atomic E-state index is -0.226. The van der Waals surface area contributed by atoms with Gasteiger partial charge in [0, 0.05) is 17.3 Å². The van der Waals surface area contributed by atoms with Gasteiger partial charge >= 0.3 is 0 Å². The molecule has 1 aromatic carbocycles. The van der Waals surface area contributed by atoms with Crippen LogP contribution in [-0.4, -0.2) is 30.2 Å². The second-order valence-corrected chi connectivity index (χ2v) is 5.73. The number of hydrogen-bond acceptors (Lipinski definition) is 3. The summed E-state index contributed by atoms with van der Waals surface area (Å²) >= 11 is 5.78. The third kappa shape index (κ3) is 4.78. The quantitative estimate of drug-likeness (QED) is 0.782. The Bertz CT molecular complexity index is 436. The van der Waals surface area contributed by atoms with E-state index < -0.39 is 0 Å². The van der Waals surface area contributed by atoms with E-state index in [9.17, 15) is 9.90 Å². The van der Waals surface area contributed by atoms with Crippen LogP contribution < -0.4 is 10.6 Å². The molecule has 110 valence electrons. The van der Waals surface area contributed by atoms with Crippen molar-refractivity contribution in [3.63, 3.8) is 0 Å². The van der Waals surface area contributed by atoms with E-state index in [-0.39, 0.29) is 24.5 Å². The number of rotatable bonds is 5. The zero-order valence-electron chi connectivity index (χ0n) is 11.4. The number of benzene rings is 1. The van der Waals surface area contributed by atoms with Crippen molar-refractivity contribution in [2.75, 3.05) is 18.4 Å². The van der Waals surface area contributed by atoms with Gasteiger partial charge in [0.1, 0.15) is 0 Å². The highest BCUT2D eigenvalue weighted by Gasteiger charge is 2.22. The van der Waals surface area contributed by atoms with Gasteiger partial charge in [-0.3, -0.25) is 4.79 Å². The SMILES string of the molecule is O=C(CNCC1CCCCC1O)Nc1ccc(Cl)cc1. The average Bonchev–Trinajstić information content (AvgIpc) is 2.43. The average molecular weight is 297 g/mol. The Morgan fingerprint density at radius 1 is 1.25 bits per heavy atom. The lowest BCUT2D eigenvalue weighted by molar-refractivity contribution is -0.115. The molecule has 20 heavy (non-hydrogen) atoms. The van der Waals surface area contributed by atoms with Crippen molar-refractivity contribution in [1.82, 2.24) is 5.32 Å². The predicted octanol–water partition coefficient (Wildman–Crippen LogP) is 2.42. The van der Waals surface area contributed by atoms with Gasteiger partial charge in [-0.1, -0.05) is 24.4 Å². The van der Waals surface area contributed by atoms with E-state index in [2.05, 4.69) is 10.6 Å². The molecule has 2 atom stereocenters. The number of hydrogen-bond donors (Lipinski definition) is 3. The lowest BCUT2D eigenvalue weighted by Crippen LogP contribution is -2.37. The predicted molar refractivity (Wildman–Crippen MR) is 80.9 cm³/mol. The Balaban J connectivity index is 1.68. The minimum Gasteiger partial charge on any atom is -0.393 e. The van der Waals surface area contributed by atoms with Gasteiger partial charge in [0.15, 0.2) is 0 Å². The molecule has 1 aliphatic carbocycles. The smallest absolute Gasteiger partial charge is 0.238 e. The largest absolute Gasteiger partial charge is 0.393 e. The summed E-state index contributed by atoms with van der Waals surface area (Å²) in [6, 6.07) is 7.02. The van der Waals surface area contributed by atoms with Gasteiger partial charge in [-0.15, -0.1) is 0 Å². The van der Waals surface area contributed by atoms with Crippen LogP contribution in [-0.2, 0) is 4.79 Å². The first-order valence-electron chi connectivity index (χ1n) is 7.09. The fourth-order valence-corrected chi connectivity index (χ4v) is 2.66. The fraction of sp³-hybridized carbons (Fsp3) is 0.533. The standard InChI is InChI=1S/C15H21ClN2O2/c16-12-5-7-13(8-6-12)18-15(20)10-17-9-11-3-1-2-4-14(11)19/h5-8,11,14,17,19H,1-4,9-10H2,(H,18,20). The molecule has 1 aromatic rings. The van der Waals surface area contributed by atoms with Gasteiger partial charge in [-0.25, -0.2) is 0 Å². The molecule has 0 aromatic heterocycles. The van der Waals surface area contributed by atoms with Gasteiger partial charge in [-0.05, 0) is 43.0 Å². The Labute approximate surface area is 124 Å². The second kappa shape index (κ2) is 7.62. The minimum absolute atomic E-state index is 0.0855. The van der Waals surface area contributed by atoms with Gasteiger partial charge < -0.3 is 15.7 Å². The van der Waals surface area contributed by atoms with Crippen molar-refractivity contribution in [3.8, 4) is 0 Å². The van der Waals surface area contributed by atoms with Crippen molar-refractivity contribution in [2.45, 2.75) is 31.8 Å². The third-order valence-electron chi connectivity index (χ3n) is 3.69. The summed E-state index contributed by atoms with van der Waals surface area (Å²) in [7, 11) is 0. The van der Waals surface area contributed by atoms with Gasteiger partial charge in [-0.2, -0.15) is 0 Å². The van der Waals surface area contributed by atoms with Crippen molar-refractivity contribution in [3.05, 3.63) is 29.3 Å². The molecule has 1 amide bonds. The lowest BCUT2D eigenvalue weighted by atomic mass is 9.86. The Kier molecular flexibility index (Phi) is 5.83. The summed E-state index contributed by atoms with van der Waals surface area (Å²) in [5.74, 6) is 0.185. The summed E-state index contributed by atoms with van der Waals surface area (Å²) in [6.07, 6.45) is 3.96. The van der Waals surface area contributed by atoms with E-state index in [0.717, 1.165) is 24.9 Å². The monoisotopic (exact) mass is 296 g/mol. The Hall–Kier alpha value is -1.10. The number of carbonyl (C=O) groups excluding carboxylic acids is 1. The summed E-state index contributed by atoms with van der Waals surface area (Å²) in [6.45, 7) is 0.945. The second-order valence-electron chi connectivity index (χ2n) is 5.30. The summed E-state index contributed by atoms with van der Waals surface area (Å²) < 4.78 is 0. The fourth-order valence-electron chi connectivity index (χ4n) is 2.54.